The summed E-state index contributed by atoms with van der Waals surface area (Å²) in [6.45, 7) is 8.09. The lowest BCUT2D eigenvalue weighted by molar-refractivity contribution is 0.419. The second-order valence-electron chi connectivity index (χ2n) is 7.37. The first-order valence-corrected chi connectivity index (χ1v) is 9.76. The van der Waals surface area contributed by atoms with Crippen molar-refractivity contribution in [3.8, 4) is 0 Å². The molecular formula is C24H28FN3. The lowest BCUT2D eigenvalue weighted by Crippen LogP contribution is -2.14. The first kappa shape index (κ1) is 19.9. The van der Waals surface area contributed by atoms with E-state index in [0.29, 0.717) is 35.1 Å². The Balaban J connectivity index is 1.94. The van der Waals surface area contributed by atoms with E-state index in [9.17, 15) is 0 Å². The Bertz CT molecular complexity index is 906. The lowest BCUT2D eigenvalue weighted by atomic mass is 9.79. The zero-order valence-corrected chi connectivity index (χ0v) is 16.6. The van der Waals surface area contributed by atoms with E-state index < -0.39 is 0 Å². The van der Waals surface area contributed by atoms with Gasteiger partial charge in [-0.2, -0.15) is 0 Å². The van der Waals surface area contributed by atoms with Crippen molar-refractivity contribution >= 4 is 17.6 Å². The minimum atomic E-state index is -0.260. The molecule has 3 N–H and O–H groups in total. The van der Waals surface area contributed by atoms with Crippen molar-refractivity contribution < 1.29 is 4.39 Å². The molecule has 3 rings (SSSR count). The number of allylic oxidation sites excluding steroid dienone is 2. The number of nitrogens with two attached hydrogens (primary N) is 1. The van der Waals surface area contributed by atoms with E-state index in [0.717, 1.165) is 24.0 Å². The molecule has 0 amide bonds. The Morgan fingerprint density at radius 2 is 1.96 bits per heavy atom. The monoisotopic (exact) mass is 377 g/mol. The van der Waals surface area contributed by atoms with Crippen LogP contribution in [0.4, 0.5) is 10.1 Å². The normalized spacial score (nSPS) is 14.9. The summed E-state index contributed by atoms with van der Waals surface area (Å²) in [6.07, 6.45) is 6.66. The summed E-state index contributed by atoms with van der Waals surface area (Å²) in [5.41, 5.74) is 10.9. The van der Waals surface area contributed by atoms with Gasteiger partial charge in [-0.05, 0) is 49.8 Å². The van der Waals surface area contributed by atoms with Gasteiger partial charge in [0.2, 0.25) is 0 Å². The molecular weight excluding hydrogens is 349 g/mol. The number of halogens is 1. The second kappa shape index (κ2) is 8.87. The van der Waals surface area contributed by atoms with Gasteiger partial charge in [-0.15, -0.1) is 0 Å². The van der Waals surface area contributed by atoms with Crippen molar-refractivity contribution in [3.05, 3.63) is 82.8 Å². The number of hydrogen-bond acceptors (Lipinski definition) is 3. The minimum absolute atomic E-state index is 0.260. The number of aryl methyl sites for hydroxylation is 1. The molecule has 2 aromatic carbocycles. The predicted octanol–water partition coefficient (Wildman–Crippen LogP) is 5.92. The zero-order chi connectivity index (χ0) is 20.1. The lowest BCUT2D eigenvalue weighted by Gasteiger charge is -2.29. The number of benzene rings is 2. The van der Waals surface area contributed by atoms with Crippen LogP contribution < -0.4 is 11.1 Å². The third-order valence-electron chi connectivity index (χ3n) is 5.23. The minimum Gasteiger partial charge on any atom is -0.398 e. The Morgan fingerprint density at radius 1 is 1.25 bits per heavy atom. The van der Waals surface area contributed by atoms with Crippen LogP contribution >= 0.6 is 0 Å². The number of nitrogens with one attached hydrogen (secondary N) is 1. The third-order valence-corrected chi connectivity index (χ3v) is 5.23. The number of nitrogens with zero attached hydrogens (tertiary/aromatic N) is 1. The summed E-state index contributed by atoms with van der Waals surface area (Å²) in [5, 5.41) is 3.35. The number of rotatable bonds is 7. The Labute approximate surface area is 166 Å². The maximum atomic E-state index is 15.6. The summed E-state index contributed by atoms with van der Waals surface area (Å²) in [6, 6.07) is 12.1. The molecule has 3 nitrogen and oxygen atoms in total. The molecule has 0 radical (unpaired) electrons. The molecule has 0 bridgehead atoms. The van der Waals surface area contributed by atoms with Crippen LogP contribution in [-0.2, 0) is 6.54 Å². The van der Waals surface area contributed by atoms with Gasteiger partial charge >= 0.3 is 0 Å². The van der Waals surface area contributed by atoms with Crippen LogP contribution in [0.25, 0.3) is 5.70 Å². The highest BCUT2D eigenvalue weighted by molar-refractivity contribution is 5.84. The van der Waals surface area contributed by atoms with Crippen molar-refractivity contribution in [2.75, 3.05) is 5.32 Å². The fraction of sp³-hybridized carbons (Fsp3) is 0.292. The maximum absolute atomic E-state index is 15.6. The molecule has 0 heterocycles. The molecule has 2 aromatic rings. The van der Waals surface area contributed by atoms with Gasteiger partial charge in [0, 0.05) is 24.0 Å². The molecule has 1 fully saturated rings. The fourth-order valence-electron chi connectivity index (χ4n) is 3.38. The first-order chi connectivity index (χ1) is 13.5. The second-order valence-corrected chi connectivity index (χ2v) is 7.37. The average Bonchev–Trinajstić information content (AvgIpc) is 2.63. The first-order valence-electron chi connectivity index (χ1n) is 9.76. The SMILES string of the molecule is C=C(N)C=N/C(=C\C)c1ccc(C2CCC2)c(NCc2ccc(C)cc2)c1F. The molecule has 28 heavy (non-hydrogen) atoms. The molecule has 0 unspecified atom stereocenters. The van der Waals surface area contributed by atoms with Crippen LogP contribution in [0.1, 0.15) is 54.4 Å². The number of anilines is 1. The van der Waals surface area contributed by atoms with Crippen molar-refractivity contribution in [2.24, 2.45) is 10.7 Å². The van der Waals surface area contributed by atoms with Crippen LogP contribution in [0, 0.1) is 12.7 Å². The highest BCUT2D eigenvalue weighted by atomic mass is 19.1. The van der Waals surface area contributed by atoms with E-state index in [1.807, 2.05) is 19.1 Å². The number of aliphatic imine (C=N–C) groups is 1. The van der Waals surface area contributed by atoms with E-state index >= 15 is 4.39 Å². The largest absolute Gasteiger partial charge is 0.398 e. The molecule has 0 aliphatic heterocycles. The molecule has 146 valence electrons. The smallest absolute Gasteiger partial charge is 0.155 e. The van der Waals surface area contributed by atoms with E-state index in [-0.39, 0.29) is 5.82 Å². The van der Waals surface area contributed by atoms with Gasteiger partial charge in [0.15, 0.2) is 5.82 Å². The molecule has 0 aromatic heterocycles. The average molecular weight is 378 g/mol. The van der Waals surface area contributed by atoms with Crippen LogP contribution in [0.3, 0.4) is 0 Å². The van der Waals surface area contributed by atoms with E-state index in [1.165, 1.54) is 18.2 Å². The summed E-state index contributed by atoms with van der Waals surface area (Å²) in [4.78, 5) is 4.29. The molecule has 1 aliphatic rings. The molecule has 0 spiro atoms. The van der Waals surface area contributed by atoms with E-state index in [4.69, 9.17) is 5.73 Å². The van der Waals surface area contributed by atoms with Gasteiger partial charge in [0.05, 0.1) is 11.4 Å². The van der Waals surface area contributed by atoms with Crippen LogP contribution in [0.2, 0.25) is 0 Å². The van der Waals surface area contributed by atoms with Gasteiger partial charge in [-0.3, -0.25) is 4.99 Å². The van der Waals surface area contributed by atoms with Crippen LogP contribution in [-0.4, -0.2) is 6.21 Å². The van der Waals surface area contributed by atoms with Gasteiger partial charge in [-0.25, -0.2) is 4.39 Å². The van der Waals surface area contributed by atoms with Crippen molar-refractivity contribution in [3.63, 3.8) is 0 Å². The highest BCUT2D eigenvalue weighted by Gasteiger charge is 2.25. The summed E-state index contributed by atoms with van der Waals surface area (Å²) >= 11 is 0. The molecule has 0 atom stereocenters. The predicted molar refractivity (Wildman–Crippen MR) is 117 cm³/mol. The topological polar surface area (TPSA) is 50.4 Å². The Morgan fingerprint density at radius 3 is 2.54 bits per heavy atom. The van der Waals surface area contributed by atoms with Gasteiger partial charge in [0.25, 0.3) is 0 Å². The molecule has 1 saturated carbocycles. The maximum Gasteiger partial charge on any atom is 0.155 e. The van der Waals surface area contributed by atoms with Crippen molar-refractivity contribution in [2.45, 2.75) is 45.6 Å². The quantitative estimate of drug-likeness (QED) is 0.589. The Kier molecular flexibility index (Phi) is 6.30. The van der Waals surface area contributed by atoms with Crippen LogP contribution in [0.5, 0.6) is 0 Å². The zero-order valence-electron chi connectivity index (χ0n) is 16.6. The summed E-state index contributed by atoms with van der Waals surface area (Å²) < 4.78 is 15.6. The standard InChI is InChI=1S/C24H28FN3/c1-4-22(27-14-17(3)26)21-13-12-20(19-6-5-7-19)24(23(21)25)28-15-18-10-8-16(2)9-11-18/h4,8-14,19,28H,3,5-7,15,26H2,1-2H3/b22-4-,27-14?. The fourth-order valence-corrected chi connectivity index (χ4v) is 3.38. The highest BCUT2D eigenvalue weighted by Crippen LogP contribution is 2.42. The van der Waals surface area contributed by atoms with Gasteiger partial charge in [-0.1, -0.05) is 55.0 Å². The Hall–Kier alpha value is -2.88. The van der Waals surface area contributed by atoms with E-state index in [1.54, 1.807) is 6.08 Å². The van der Waals surface area contributed by atoms with E-state index in [2.05, 4.69) is 48.1 Å². The molecule has 4 heteroatoms. The van der Waals surface area contributed by atoms with Crippen LogP contribution in [0.15, 0.2) is 59.7 Å². The summed E-state index contributed by atoms with van der Waals surface area (Å²) in [7, 11) is 0. The summed E-state index contributed by atoms with van der Waals surface area (Å²) in [5.74, 6) is 0.162. The third kappa shape index (κ3) is 4.50. The number of hydrogen-bond donors (Lipinski definition) is 2. The van der Waals surface area contributed by atoms with Crippen molar-refractivity contribution in [1.82, 2.24) is 0 Å². The molecule has 1 aliphatic carbocycles. The molecule has 0 saturated heterocycles. The van der Waals surface area contributed by atoms with Gasteiger partial charge < -0.3 is 11.1 Å². The van der Waals surface area contributed by atoms with Crippen molar-refractivity contribution in [1.29, 1.82) is 0 Å². The van der Waals surface area contributed by atoms with Gasteiger partial charge in [0.1, 0.15) is 0 Å².